The molecule has 0 fully saturated rings. The third-order valence-corrected chi connectivity index (χ3v) is 7.18. The van der Waals surface area contributed by atoms with E-state index in [4.69, 9.17) is 14.2 Å². The molecule has 8 rings (SSSR count). The molecule has 8 bridgehead atoms. The van der Waals surface area contributed by atoms with Gasteiger partial charge in [0.1, 0.15) is 18.1 Å². The SMILES string of the molecule is CC1(C)CNC(=O)C(=O)Nc2ccc(cc2)OC/C=C\Oc2ccc(cc2)CNc2nc(nc(OCC(F)(F)F)n2)Nc2ccc(cc2)C(=O)NC1. The molecule has 0 saturated carbocycles. The van der Waals surface area contributed by atoms with Crippen LogP contribution < -0.4 is 40.8 Å². The molecule has 4 aliphatic heterocycles. The molecule has 1 aromatic heterocycles. The Morgan fingerprint density at radius 2 is 1.35 bits per heavy atom. The highest BCUT2D eigenvalue weighted by Crippen LogP contribution is 2.22. The van der Waals surface area contributed by atoms with Crippen molar-refractivity contribution in [2.24, 2.45) is 5.41 Å². The smallest absolute Gasteiger partial charge is 0.422 e. The summed E-state index contributed by atoms with van der Waals surface area (Å²) in [4.78, 5) is 50.0. The van der Waals surface area contributed by atoms with Crippen LogP contribution in [0, 0.1) is 5.41 Å². The minimum Gasteiger partial charge on any atom is -0.489 e. The zero-order valence-corrected chi connectivity index (χ0v) is 28.0. The molecule has 0 saturated heterocycles. The molecule has 5 heterocycles. The average Bonchev–Trinajstić information content (AvgIpc) is 3.12. The molecule has 17 heteroatoms. The molecule has 4 aromatic rings. The van der Waals surface area contributed by atoms with Gasteiger partial charge in [-0.25, -0.2) is 0 Å². The number of nitrogens with one attached hydrogen (secondary N) is 5. The number of nitrogens with zero attached hydrogens (tertiary/aromatic N) is 3. The lowest BCUT2D eigenvalue weighted by molar-refractivity contribution is -0.154. The van der Waals surface area contributed by atoms with Crippen molar-refractivity contribution in [3.63, 3.8) is 0 Å². The predicted octanol–water partition coefficient (Wildman–Crippen LogP) is 4.96. The van der Waals surface area contributed by atoms with E-state index in [1.54, 1.807) is 66.7 Å². The third kappa shape index (κ3) is 11.6. The van der Waals surface area contributed by atoms with Crippen LogP contribution in [0.15, 0.2) is 85.1 Å². The molecular weight excluding hydrogens is 685 g/mol. The maximum atomic E-state index is 12.9. The number of carbonyl (C=O) groups excluding carboxylic acids is 3. The average molecular weight is 721 g/mol. The summed E-state index contributed by atoms with van der Waals surface area (Å²) in [5.74, 6) is -1.18. The summed E-state index contributed by atoms with van der Waals surface area (Å²) in [6.45, 7) is 2.68. The van der Waals surface area contributed by atoms with E-state index >= 15 is 0 Å². The van der Waals surface area contributed by atoms with Gasteiger partial charge in [-0.1, -0.05) is 26.0 Å². The van der Waals surface area contributed by atoms with E-state index in [-0.39, 0.29) is 38.1 Å². The number of alkyl halides is 3. The largest absolute Gasteiger partial charge is 0.489 e. The molecule has 52 heavy (non-hydrogen) atoms. The fraction of sp³-hybridized carbons (Fsp3) is 0.257. The molecule has 0 radical (unpaired) electrons. The van der Waals surface area contributed by atoms with Gasteiger partial charge in [0.05, 0.1) is 6.26 Å². The van der Waals surface area contributed by atoms with Crippen molar-refractivity contribution in [3.05, 3.63) is 96.3 Å². The second-order valence-electron chi connectivity index (χ2n) is 12.2. The van der Waals surface area contributed by atoms with Gasteiger partial charge in [-0.05, 0) is 77.7 Å². The first-order valence-corrected chi connectivity index (χ1v) is 15.9. The number of aromatic nitrogens is 3. The topological polar surface area (TPSA) is 178 Å². The first-order valence-electron chi connectivity index (χ1n) is 15.9. The van der Waals surface area contributed by atoms with Crippen LogP contribution in [-0.4, -0.2) is 65.2 Å². The van der Waals surface area contributed by atoms with Crippen LogP contribution in [0.3, 0.4) is 0 Å². The highest BCUT2D eigenvalue weighted by Gasteiger charge is 2.29. The van der Waals surface area contributed by atoms with Crippen molar-refractivity contribution in [1.29, 1.82) is 0 Å². The van der Waals surface area contributed by atoms with Crippen LogP contribution in [0.5, 0.6) is 17.5 Å². The zero-order valence-electron chi connectivity index (χ0n) is 28.0. The number of hydrogen-bond acceptors (Lipinski definition) is 11. The van der Waals surface area contributed by atoms with Gasteiger partial charge in [-0.15, -0.1) is 0 Å². The molecule has 0 atom stereocenters. The quantitative estimate of drug-likeness (QED) is 0.177. The van der Waals surface area contributed by atoms with Gasteiger partial charge >= 0.3 is 24.0 Å². The van der Waals surface area contributed by atoms with Crippen LogP contribution in [-0.2, 0) is 16.1 Å². The zero-order chi connectivity index (χ0) is 37.1. The van der Waals surface area contributed by atoms with E-state index in [0.29, 0.717) is 28.4 Å². The number of rotatable bonds is 2. The van der Waals surface area contributed by atoms with Crippen molar-refractivity contribution in [3.8, 4) is 17.5 Å². The predicted molar refractivity (Wildman–Crippen MR) is 184 cm³/mol. The van der Waals surface area contributed by atoms with Gasteiger partial charge in [-0.2, -0.15) is 28.1 Å². The number of anilines is 4. The maximum Gasteiger partial charge on any atom is 0.422 e. The molecule has 3 aromatic carbocycles. The highest BCUT2D eigenvalue weighted by atomic mass is 19.4. The molecule has 0 spiro atoms. The summed E-state index contributed by atoms with van der Waals surface area (Å²) >= 11 is 0. The number of ether oxygens (including phenoxy) is 3. The Balaban J connectivity index is 1.33. The molecule has 4 aliphatic rings. The first kappa shape index (κ1) is 36.9. The molecule has 3 amide bonds. The summed E-state index contributed by atoms with van der Waals surface area (Å²) < 4.78 is 54.7. The van der Waals surface area contributed by atoms with Crippen LogP contribution in [0.4, 0.5) is 36.4 Å². The Kier molecular flexibility index (Phi) is 11.7. The third-order valence-electron chi connectivity index (χ3n) is 7.18. The number of carbonyl (C=O) groups is 3. The van der Waals surface area contributed by atoms with Crippen molar-refractivity contribution in [1.82, 2.24) is 25.6 Å². The summed E-state index contributed by atoms with van der Waals surface area (Å²) in [7, 11) is 0. The monoisotopic (exact) mass is 720 g/mol. The van der Waals surface area contributed by atoms with Crippen LogP contribution in [0.25, 0.3) is 0 Å². The fourth-order valence-corrected chi connectivity index (χ4v) is 4.42. The van der Waals surface area contributed by atoms with Crippen LogP contribution in [0.2, 0.25) is 0 Å². The Bertz CT molecular complexity index is 1890. The van der Waals surface area contributed by atoms with Crippen molar-refractivity contribution in [2.75, 3.05) is 42.3 Å². The summed E-state index contributed by atoms with van der Waals surface area (Å²) in [5.41, 5.74) is 1.31. The maximum absolute atomic E-state index is 12.9. The number of benzene rings is 3. The fourth-order valence-electron chi connectivity index (χ4n) is 4.42. The van der Waals surface area contributed by atoms with Gasteiger partial charge in [0.15, 0.2) is 6.61 Å². The number of hydrogen-bond donors (Lipinski definition) is 5. The highest BCUT2D eigenvalue weighted by molar-refractivity contribution is 6.39. The standard InChI is InChI=1S/C35H35F3N8O6/c1-34(2)19-40-28(47)23-6-8-25(9-7-23)43-32-44-31(45-33(46-32)52-21-35(36,37)38)39-18-22-4-12-26(13-5-22)50-16-3-17-51-27-14-10-24(11-15-27)42-30(49)29(48)41-20-34/h3-16H,17-21H2,1-2H3,(H,40,47)(H,41,48)(H,42,49)(H2,39,43,44,45,46)/b16-3-. The number of fused-ring (bicyclic) bond motifs is 3. The molecule has 272 valence electrons. The van der Waals surface area contributed by atoms with Gasteiger partial charge in [-0.3, -0.25) is 14.4 Å². The number of amides is 3. The van der Waals surface area contributed by atoms with E-state index in [1.165, 1.54) is 18.4 Å². The molecule has 0 aliphatic carbocycles. The summed E-state index contributed by atoms with van der Waals surface area (Å²) in [6.07, 6.45) is -1.49. The lowest BCUT2D eigenvalue weighted by Crippen LogP contribution is -2.44. The lowest BCUT2D eigenvalue weighted by atomic mass is 9.93. The van der Waals surface area contributed by atoms with E-state index in [1.807, 2.05) is 13.8 Å². The van der Waals surface area contributed by atoms with E-state index in [9.17, 15) is 27.6 Å². The Morgan fingerprint density at radius 3 is 2.04 bits per heavy atom. The van der Waals surface area contributed by atoms with Crippen molar-refractivity contribution in [2.45, 2.75) is 26.6 Å². The van der Waals surface area contributed by atoms with Crippen LogP contribution in [0.1, 0.15) is 29.8 Å². The Morgan fingerprint density at radius 1 is 0.731 bits per heavy atom. The van der Waals surface area contributed by atoms with Gasteiger partial charge in [0.25, 0.3) is 5.91 Å². The molecular formula is C35H35F3N8O6. The van der Waals surface area contributed by atoms with Crippen molar-refractivity contribution < 1.29 is 41.8 Å². The van der Waals surface area contributed by atoms with Gasteiger partial charge < -0.3 is 40.8 Å². The Hall–Kier alpha value is -6.39. The molecule has 0 unspecified atom stereocenters. The number of halogens is 3. The normalized spacial score (nSPS) is 16.3. The van der Waals surface area contributed by atoms with E-state index in [2.05, 4.69) is 41.5 Å². The molecule has 14 nitrogen and oxygen atoms in total. The van der Waals surface area contributed by atoms with Crippen LogP contribution >= 0.6 is 0 Å². The second kappa shape index (κ2) is 16.5. The van der Waals surface area contributed by atoms with Gasteiger partial charge in [0, 0.05) is 36.6 Å². The van der Waals surface area contributed by atoms with Gasteiger partial charge in [0.2, 0.25) is 11.9 Å². The summed E-state index contributed by atoms with van der Waals surface area (Å²) in [6, 6.07) is 19.1. The minimum atomic E-state index is -4.62. The minimum absolute atomic E-state index is 0.0472. The summed E-state index contributed by atoms with van der Waals surface area (Å²) in [5, 5.41) is 13.8. The Labute approximate surface area is 296 Å². The van der Waals surface area contributed by atoms with Crippen molar-refractivity contribution >= 4 is 41.0 Å². The van der Waals surface area contributed by atoms with E-state index < -0.39 is 41.9 Å². The lowest BCUT2D eigenvalue weighted by Gasteiger charge is -2.25. The first-order chi connectivity index (χ1) is 24.8. The molecule has 5 N–H and O–H groups in total. The second-order valence-corrected chi connectivity index (χ2v) is 12.2. The van der Waals surface area contributed by atoms with E-state index in [0.717, 1.165) is 5.56 Å².